The van der Waals surface area contributed by atoms with Gasteiger partial charge in [-0.25, -0.2) is 0 Å². The van der Waals surface area contributed by atoms with Crippen molar-refractivity contribution in [3.63, 3.8) is 0 Å². The van der Waals surface area contributed by atoms with E-state index in [1.165, 1.54) is 0 Å². The number of nitriles is 1. The quantitative estimate of drug-likeness (QED) is 0.511. The normalized spacial score (nSPS) is 11.7. The van der Waals surface area contributed by atoms with Crippen molar-refractivity contribution in [2.24, 2.45) is 11.7 Å². The number of carbonyl (C=O) groups is 2. The Bertz CT molecular complexity index is 283. The highest BCUT2D eigenvalue weighted by Gasteiger charge is 2.17. The summed E-state index contributed by atoms with van der Waals surface area (Å²) >= 11 is 0. The summed E-state index contributed by atoms with van der Waals surface area (Å²) in [6, 6.07) is 1.29. The Hall–Kier alpha value is -1.61. The Morgan fingerprint density at radius 3 is 2.50 bits per heavy atom. The fourth-order valence-corrected chi connectivity index (χ4v) is 0.908. The van der Waals surface area contributed by atoms with E-state index >= 15 is 0 Å². The van der Waals surface area contributed by atoms with Gasteiger partial charge in [0.1, 0.15) is 0 Å². The molecule has 6 heteroatoms. The maximum atomic E-state index is 11.4. The smallest absolute Gasteiger partial charge is 0.239 e. The van der Waals surface area contributed by atoms with Gasteiger partial charge in [-0.2, -0.15) is 5.26 Å². The van der Waals surface area contributed by atoms with Gasteiger partial charge in [-0.3, -0.25) is 9.59 Å². The highest BCUT2D eigenvalue weighted by Crippen LogP contribution is 1.97. The van der Waals surface area contributed by atoms with Gasteiger partial charge in [-0.1, -0.05) is 13.8 Å². The summed E-state index contributed by atoms with van der Waals surface area (Å²) in [4.78, 5) is 22.5. The third-order valence-corrected chi connectivity index (χ3v) is 2.00. The lowest BCUT2D eigenvalue weighted by Gasteiger charge is -2.14. The second-order valence-corrected chi connectivity index (χ2v) is 3.75. The molecule has 6 nitrogen and oxygen atoms in total. The van der Waals surface area contributed by atoms with Crippen LogP contribution < -0.4 is 16.4 Å². The first-order valence-electron chi connectivity index (χ1n) is 5.16. The minimum Gasteiger partial charge on any atom is -0.354 e. The number of rotatable bonds is 6. The van der Waals surface area contributed by atoms with Gasteiger partial charge in [0.15, 0.2) is 0 Å². The van der Waals surface area contributed by atoms with Crippen molar-refractivity contribution in [3.8, 4) is 6.07 Å². The summed E-state index contributed by atoms with van der Waals surface area (Å²) in [6.07, 6.45) is 0.255. The van der Waals surface area contributed by atoms with Gasteiger partial charge in [-0.15, -0.1) is 0 Å². The number of hydrogen-bond acceptors (Lipinski definition) is 4. The molecule has 1 atom stereocenters. The second-order valence-electron chi connectivity index (χ2n) is 3.75. The molecule has 0 aromatic carbocycles. The van der Waals surface area contributed by atoms with Crippen LogP contribution in [0.1, 0.15) is 20.3 Å². The Labute approximate surface area is 95.2 Å². The van der Waals surface area contributed by atoms with E-state index in [0.29, 0.717) is 6.54 Å². The maximum absolute atomic E-state index is 11.4. The van der Waals surface area contributed by atoms with Gasteiger partial charge >= 0.3 is 0 Å². The summed E-state index contributed by atoms with van der Waals surface area (Å²) in [5, 5.41) is 13.2. The van der Waals surface area contributed by atoms with Crippen molar-refractivity contribution in [1.82, 2.24) is 10.6 Å². The summed E-state index contributed by atoms with van der Waals surface area (Å²) < 4.78 is 0. The van der Waals surface area contributed by atoms with Crippen molar-refractivity contribution in [1.29, 1.82) is 5.26 Å². The third-order valence-electron chi connectivity index (χ3n) is 2.00. The zero-order valence-corrected chi connectivity index (χ0v) is 9.62. The Balaban J connectivity index is 3.76. The number of nitrogens with zero attached hydrogens (tertiary/aromatic N) is 1. The van der Waals surface area contributed by atoms with Crippen LogP contribution in [-0.2, 0) is 9.59 Å². The topological polar surface area (TPSA) is 108 Å². The molecule has 0 fully saturated rings. The van der Waals surface area contributed by atoms with Crippen molar-refractivity contribution < 1.29 is 9.59 Å². The standard InChI is InChI=1S/C10H18N4O2/c1-7(2)9(12)10(16)14-6-8(15)13-5-3-4-11/h7,9H,3,5-6,12H2,1-2H3,(H,13,15)(H,14,16)/t9-/m0/s1. The van der Waals surface area contributed by atoms with Crippen LogP contribution >= 0.6 is 0 Å². The molecule has 0 aliphatic heterocycles. The molecule has 0 unspecified atom stereocenters. The SMILES string of the molecule is CC(C)[C@H](N)C(=O)NCC(=O)NCCC#N. The average molecular weight is 226 g/mol. The summed E-state index contributed by atoms with van der Waals surface area (Å²) in [6.45, 7) is 3.85. The molecule has 0 aromatic heterocycles. The molecular weight excluding hydrogens is 208 g/mol. The van der Waals surface area contributed by atoms with Gasteiger partial charge in [0.05, 0.1) is 25.1 Å². The molecule has 0 radical (unpaired) electrons. The fourth-order valence-electron chi connectivity index (χ4n) is 0.908. The molecule has 0 saturated carbocycles. The molecule has 0 aliphatic carbocycles. The van der Waals surface area contributed by atoms with Gasteiger partial charge in [-0.05, 0) is 5.92 Å². The van der Waals surface area contributed by atoms with E-state index in [2.05, 4.69) is 10.6 Å². The minimum absolute atomic E-state index is 0.0293. The monoisotopic (exact) mass is 226 g/mol. The number of amides is 2. The van der Waals surface area contributed by atoms with Crippen LogP contribution in [-0.4, -0.2) is 30.9 Å². The van der Waals surface area contributed by atoms with Crippen LogP contribution in [0.3, 0.4) is 0 Å². The lowest BCUT2D eigenvalue weighted by atomic mass is 10.1. The highest BCUT2D eigenvalue weighted by atomic mass is 16.2. The first kappa shape index (κ1) is 14.4. The molecule has 0 rings (SSSR count). The molecule has 90 valence electrons. The molecule has 0 heterocycles. The highest BCUT2D eigenvalue weighted by molar-refractivity contribution is 5.87. The maximum Gasteiger partial charge on any atom is 0.239 e. The van der Waals surface area contributed by atoms with Gasteiger partial charge in [0.25, 0.3) is 0 Å². The number of hydrogen-bond donors (Lipinski definition) is 3. The predicted octanol–water partition coefficient (Wildman–Crippen LogP) is -0.884. The minimum atomic E-state index is -0.605. The molecule has 0 spiro atoms. The Morgan fingerprint density at radius 1 is 1.38 bits per heavy atom. The van der Waals surface area contributed by atoms with Crippen LogP contribution in [0, 0.1) is 17.2 Å². The predicted molar refractivity (Wildman–Crippen MR) is 59.1 cm³/mol. The average Bonchev–Trinajstić information content (AvgIpc) is 2.25. The summed E-state index contributed by atoms with van der Waals surface area (Å²) in [7, 11) is 0. The Kier molecular flexibility index (Phi) is 6.88. The largest absolute Gasteiger partial charge is 0.354 e. The Morgan fingerprint density at radius 2 is 2.00 bits per heavy atom. The van der Waals surface area contributed by atoms with E-state index in [4.69, 9.17) is 11.0 Å². The van der Waals surface area contributed by atoms with Crippen molar-refractivity contribution in [2.75, 3.05) is 13.1 Å². The van der Waals surface area contributed by atoms with E-state index in [9.17, 15) is 9.59 Å². The number of nitrogens with two attached hydrogens (primary N) is 1. The van der Waals surface area contributed by atoms with Crippen molar-refractivity contribution in [3.05, 3.63) is 0 Å². The van der Waals surface area contributed by atoms with E-state index in [-0.39, 0.29) is 30.7 Å². The lowest BCUT2D eigenvalue weighted by molar-refractivity contribution is -0.127. The van der Waals surface area contributed by atoms with Crippen LogP contribution in [0.25, 0.3) is 0 Å². The first-order valence-corrected chi connectivity index (χ1v) is 5.16. The number of nitrogens with one attached hydrogen (secondary N) is 2. The second kappa shape index (κ2) is 7.65. The molecule has 0 bridgehead atoms. The van der Waals surface area contributed by atoms with Crippen LogP contribution in [0.15, 0.2) is 0 Å². The molecule has 2 amide bonds. The van der Waals surface area contributed by atoms with E-state index in [1.807, 2.05) is 19.9 Å². The lowest BCUT2D eigenvalue weighted by Crippen LogP contribution is -2.47. The van der Waals surface area contributed by atoms with Gasteiger partial charge < -0.3 is 16.4 Å². The van der Waals surface area contributed by atoms with Crippen LogP contribution in [0.4, 0.5) is 0 Å². The fraction of sp³-hybridized carbons (Fsp3) is 0.700. The summed E-state index contributed by atoms with van der Waals surface area (Å²) in [5.74, 6) is -0.633. The van der Waals surface area contributed by atoms with Crippen LogP contribution in [0.2, 0.25) is 0 Å². The number of carbonyl (C=O) groups excluding carboxylic acids is 2. The molecule has 0 aliphatic rings. The van der Waals surface area contributed by atoms with Crippen molar-refractivity contribution in [2.45, 2.75) is 26.3 Å². The zero-order chi connectivity index (χ0) is 12.6. The molecular formula is C10H18N4O2. The summed E-state index contributed by atoms with van der Waals surface area (Å²) in [5.41, 5.74) is 5.58. The van der Waals surface area contributed by atoms with E-state index in [0.717, 1.165) is 0 Å². The first-order chi connectivity index (χ1) is 7.49. The van der Waals surface area contributed by atoms with E-state index < -0.39 is 6.04 Å². The molecule has 16 heavy (non-hydrogen) atoms. The third kappa shape index (κ3) is 5.98. The molecule has 0 saturated heterocycles. The van der Waals surface area contributed by atoms with Gasteiger partial charge in [0.2, 0.25) is 11.8 Å². The van der Waals surface area contributed by atoms with Gasteiger partial charge in [0, 0.05) is 6.54 Å². The van der Waals surface area contributed by atoms with Crippen LogP contribution in [0.5, 0.6) is 0 Å². The molecule has 0 aromatic rings. The zero-order valence-electron chi connectivity index (χ0n) is 9.62. The van der Waals surface area contributed by atoms with Crippen molar-refractivity contribution >= 4 is 11.8 Å². The van der Waals surface area contributed by atoms with E-state index in [1.54, 1.807) is 0 Å². The molecule has 4 N–H and O–H groups in total.